The molecule has 0 atom stereocenters. The molecule has 4 nitrogen and oxygen atoms in total. The number of pyridine rings is 1. The van der Waals surface area contributed by atoms with Crippen LogP contribution in [-0.2, 0) is 4.79 Å². The van der Waals surface area contributed by atoms with Crippen molar-refractivity contribution in [2.75, 3.05) is 24.5 Å². The number of aromatic nitrogens is 1. The Morgan fingerprint density at radius 1 is 1.28 bits per heavy atom. The van der Waals surface area contributed by atoms with Crippen LogP contribution in [0.5, 0.6) is 0 Å². The van der Waals surface area contributed by atoms with E-state index in [1.54, 1.807) is 4.90 Å². The first-order valence-electron chi connectivity index (χ1n) is 6.06. The first-order valence-corrected chi connectivity index (χ1v) is 6.85. The summed E-state index contributed by atoms with van der Waals surface area (Å²) in [7, 11) is 0. The van der Waals surface area contributed by atoms with Crippen LogP contribution < -0.4 is 4.90 Å². The Kier molecular flexibility index (Phi) is 3.73. The Morgan fingerprint density at radius 2 is 2.00 bits per heavy atom. The van der Waals surface area contributed by atoms with Gasteiger partial charge in [-0.25, -0.2) is 4.98 Å². The lowest BCUT2D eigenvalue weighted by Gasteiger charge is -2.41. The van der Waals surface area contributed by atoms with Gasteiger partial charge in [-0.3, -0.25) is 14.6 Å². The van der Waals surface area contributed by atoms with Crippen molar-refractivity contribution in [2.45, 2.75) is 26.3 Å². The maximum atomic E-state index is 12.2. The van der Waals surface area contributed by atoms with Crippen LogP contribution in [0.4, 0.5) is 5.82 Å². The number of anilines is 1. The van der Waals surface area contributed by atoms with E-state index in [1.807, 2.05) is 18.2 Å². The van der Waals surface area contributed by atoms with Crippen molar-refractivity contribution >= 4 is 27.7 Å². The van der Waals surface area contributed by atoms with Crippen molar-refractivity contribution in [1.82, 2.24) is 9.88 Å². The molecule has 2 heterocycles. The lowest BCUT2D eigenvalue weighted by Crippen LogP contribution is -2.56. The summed E-state index contributed by atoms with van der Waals surface area (Å²) < 4.78 is 0.756. The SMILES string of the molecule is CC(C)(C)N1CCN(c2cccc(Br)n2)C(=O)C1. The Labute approximate surface area is 116 Å². The summed E-state index contributed by atoms with van der Waals surface area (Å²) in [6.45, 7) is 8.43. The Morgan fingerprint density at radius 3 is 2.56 bits per heavy atom. The fourth-order valence-corrected chi connectivity index (χ4v) is 2.37. The molecule has 0 spiro atoms. The van der Waals surface area contributed by atoms with Gasteiger partial charge in [0, 0.05) is 18.6 Å². The molecule has 0 unspecified atom stereocenters. The monoisotopic (exact) mass is 311 g/mol. The molecule has 1 aliphatic heterocycles. The maximum absolute atomic E-state index is 12.2. The summed E-state index contributed by atoms with van der Waals surface area (Å²) in [6, 6.07) is 5.63. The maximum Gasteiger partial charge on any atom is 0.242 e. The normalized spacial score (nSPS) is 18.2. The highest BCUT2D eigenvalue weighted by atomic mass is 79.9. The molecule has 0 bridgehead atoms. The van der Waals surface area contributed by atoms with Crippen molar-refractivity contribution < 1.29 is 4.79 Å². The number of hydrogen-bond acceptors (Lipinski definition) is 3. The Balaban J connectivity index is 2.13. The molecule has 0 radical (unpaired) electrons. The highest BCUT2D eigenvalue weighted by Crippen LogP contribution is 2.21. The second-order valence-corrected chi connectivity index (χ2v) is 6.27. The van der Waals surface area contributed by atoms with Gasteiger partial charge < -0.3 is 0 Å². The van der Waals surface area contributed by atoms with Gasteiger partial charge in [-0.15, -0.1) is 0 Å². The molecule has 1 aromatic rings. The number of carbonyl (C=O) groups excluding carboxylic acids is 1. The number of rotatable bonds is 1. The average Bonchev–Trinajstić information content (AvgIpc) is 2.27. The Hall–Kier alpha value is -0.940. The number of hydrogen-bond donors (Lipinski definition) is 0. The van der Waals surface area contributed by atoms with Gasteiger partial charge in [0.2, 0.25) is 5.91 Å². The van der Waals surface area contributed by atoms with Crippen LogP contribution in [0.2, 0.25) is 0 Å². The van der Waals surface area contributed by atoms with E-state index in [0.29, 0.717) is 13.1 Å². The molecular formula is C13H18BrN3O. The molecule has 0 N–H and O–H groups in total. The molecular weight excluding hydrogens is 294 g/mol. The minimum Gasteiger partial charge on any atom is -0.294 e. The zero-order valence-electron chi connectivity index (χ0n) is 11.0. The van der Waals surface area contributed by atoms with Crippen LogP contribution in [0.1, 0.15) is 20.8 Å². The molecule has 1 aliphatic rings. The molecule has 1 saturated heterocycles. The lowest BCUT2D eigenvalue weighted by atomic mass is 10.0. The molecule has 2 rings (SSSR count). The molecule has 0 aliphatic carbocycles. The van der Waals surface area contributed by atoms with E-state index >= 15 is 0 Å². The summed E-state index contributed by atoms with van der Waals surface area (Å²) in [4.78, 5) is 20.5. The largest absolute Gasteiger partial charge is 0.294 e. The number of piperazine rings is 1. The van der Waals surface area contributed by atoms with Gasteiger partial charge in [-0.2, -0.15) is 0 Å². The summed E-state index contributed by atoms with van der Waals surface area (Å²) in [6.07, 6.45) is 0. The van der Waals surface area contributed by atoms with E-state index in [4.69, 9.17) is 0 Å². The van der Waals surface area contributed by atoms with Gasteiger partial charge in [-0.1, -0.05) is 6.07 Å². The third kappa shape index (κ3) is 2.90. The third-order valence-corrected chi connectivity index (χ3v) is 3.59. The van der Waals surface area contributed by atoms with Gasteiger partial charge in [0.15, 0.2) is 0 Å². The van der Waals surface area contributed by atoms with Gasteiger partial charge in [-0.05, 0) is 48.8 Å². The predicted octanol–water partition coefficient (Wildman–Crippen LogP) is 2.29. The van der Waals surface area contributed by atoms with Gasteiger partial charge >= 0.3 is 0 Å². The molecule has 1 fully saturated rings. The zero-order valence-corrected chi connectivity index (χ0v) is 12.6. The first kappa shape index (κ1) is 13.5. The second kappa shape index (κ2) is 4.97. The molecule has 5 heteroatoms. The third-order valence-electron chi connectivity index (χ3n) is 3.15. The number of nitrogens with zero attached hydrogens (tertiary/aromatic N) is 3. The molecule has 98 valence electrons. The summed E-state index contributed by atoms with van der Waals surface area (Å²) in [5.41, 5.74) is 0.0342. The smallest absolute Gasteiger partial charge is 0.242 e. The van der Waals surface area contributed by atoms with Crippen LogP contribution >= 0.6 is 15.9 Å². The van der Waals surface area contributed by atoms with Crippen molar-refractivity contribution in [3.63, 3.8) is 0 Å². The van der Waals surface area contributed by atoms with Crippen LogP contribution in [0, 0.1) is 0 Å². The molecule has 0 saturated carbocycles. The lowest BCUT2D eigenvalue weighted by molar-refractivity contribution is -0.122. The van der Waals surface area contributed by atoms with E-state index in [0.717, 1.165) is 17.0 Å². The van der Waals surface area contributed by atoms with Crippen molar-refractivity contribution in [3.8, 4) is 0 Å². The minimum atomic E-state index is 0.0342. The van der Waals surface area contributed by atoms with Gasteiger partial charge in [0.25, 0.3) is 0 Å². The quantitative estimate of drug-likeness (QED) is 0.747. The van der Waals surface area contributed by atoms with E-state index in [2.05, 4.69) is 46.6 Å². The van der Waals surface area contributed by atoms with Crippen molar-refractivity contribution in [2.24, 2.45) is 0 Å². The van der Waals surface area contributed by atoms with Crippen LogP contribution in [-0.4, -0.2) is 41.0 Å². The van der Waals surface area contributed by atoms with E-state index in [-0.39, 0.29) is 11.4 Å². The molecule has 1 aromatic heterocycles. The van der Waals surface area contributed by atoms with Crippen molar-refractivity contribution in [1.29, 1.82) is 0 Å². The summed E-state index contributed by atoms with van der Waals surface area (Å²) >= 11 is 3.33. The fraction of sp³-hybridized carbons (Fsp3) is 0.538. The number of amides is 1. The van der Waals surface area contributed by atoms with Gasteiger partial charge in [0.1, 0.15) is 10.4 Å². The number of halogens is 1. The fourth-order valence-electron chi connectivity index (χ4n) is 2.04. The van der Waals surface area contributed by atoms with E-state index < -0.39 is 0 Å². The summed E-state index contributed by atoms with van der Waals surface area (Å²) in [5, 5.41) is 0. The number of carbonyl (C=O) groups is 1. The summed E-state index contributed by atoms with van der Waals surface area (Å²) in [5.74, 6) is 0.838. The van der Waals surface area contributed by atoms with Crippen LogP contribution in [0.25, 0.3) is 0 Å². The van der Waals surface area contributed by atoms with Gasteiger partial charge in [0.05, 0.1) is 6.54 Å². The van der Waals surface area contributed by atoms with E-state index in [1.165, 1.54) is 0 Å². The van der Waals surface area contributed by atoms with E-state index in [9.17, 15) is 4.79 Å². The predicted molar refractivity (Wildman–Crippen MR) is 75.6 cm³/mol. The molecule has 1 amide bonds. The standard InChI is InChI=1S/C13H18BrN3O/c1-13(2,3)16-7-8-17(12(18)9-16)11-6-4-5-10(14)15-11/h4-6H,7-9H2,1-3H3. The van der Waals surface area contributed by atoms with Crippen LogP contribution in [0.15, 0.2) is 22.8 Å². The topological polar surface area (TPSA) is 36.4 Å². The molecule has 0 aromatic carbocycles. The zero-order chi connectivity index (χ0) is 13.3. The first-order chi connectivity index (χ1) is 8.38. The average molecular weight is 312 g/mol. The molecule has 18 heavy (non-hydrogen) atoms. The highest BCUT2D eigenvalue weighted by Gasteiger charge is 2.31. The minimum absolute atomic E-state index is 0.0342. The second-order valence-electron chi connectivity index (χ2n) is 5.46. The van der Waals surface area contributed by atoms with Crippen LogP contribution in [0.3, 0.4) is 0 Å². The highest BCUT2D eigenvalue weighted by molar-refractivity contribution is 9.10. The van der Waals surface area contributed by atoms with Crippen molar-refractivity contribution in [3.05, 3.63) is 22.8 Å². The Bertz CT molecular complexity index is 456.